The molecule has 0 aliphatic heterocycles. The van der Waals surface area contributed by atoms with E-state index in [9.17, 15) is 4.79 Å². The minimum absolute atomic E-state index is 0.0446. The van der Waals surface area contributed by atoms with Crippen LogP contribution in [0.15, 0.2) is 30.5 Å². The topological polar surface area (TPSA) is 77.2 Å². The molecule has 112 valence electrons. The van der Waals surface area contributed by atoms with Crippen molar-refractivity contribution in [2.45, 2.75) is 6.92 Å². The Kier molecular flexibility index (Phi) is 3.46. The van der Waals surface area contributed by atoms with Crippen molar-refractivity contribution in [1.82, 2.24) is 14.8 Å². The molecule has 0 bridgehead atoms. The molecule has 0 aliphatic rings. The third-order valence-corrected chi connectivity index (χ3v) is 3.74. The van der Waals surface area contributed by atoms with Crippen molar-refractivity contribution >= 4 is 28.6 Å². The number of para-hydroxylation sites is 2. The summed E-state index contributed by atoms with van der Waals surface area (Å²) < 4.78 is 6.93. The molecule has 2 aromatic heterocycles. The molecular formula is C15H12ClN3O3. The number of aryl methyl sites for hydroxylation is 1. The molecule has 0 amide bonds. The first-order valence-electron chi connectivity index (χ1n) is 6.45. The van der Waals surface area contributed by atoms with Crippen LogP contribution in [-0.4, -0.2) is 33.0 Å². The van der Waals surface area contributed by atoms with Crippen LogP contribution in [0.1, 0.15) is 16.1 Å². The quantitative estimate of drug-likeness (QED) is 0.803. The van der Waals surface area contributed by atoms with Crippen LogP contribution in [0.25, 0.3) is 16.7 Å². The summed E-state index contributed by atoms with van der Waals surface area (Å²) in [6.45, 7) is 1.76. The molecule has 0 spiro atoms. The van der Waals surface area contributed by atoms with E-state index in [2.05, 4.69) is 10.1 Å². The van der Waals surface area contributed by atoms with E-state index in [1.54, 1.807) is 18.7 Å². The van der Waals surface area contributed by atoms with Crippen LogP contribution >= 0.6 is 11.6 Å². The number of ether oxygens (including phenoxy) is 1. The summed E-state index contributed by atoms with van der Waals surface area (Å²) in [5.41, 5.74) is 1.74. The zero-order chi connectivity index (χ0) is 15.9. The predicted octanol–water partition coefficient (Wildman–Crippen LogP) is 3.09. The molecule has 0 saturated heterocycles. The van der Waals surface area contributed by atoms with Crippen molar-refractivity contribution in [2.24, 2.45) is 0 Å². The van der Waals surface area contributed by atoms with Crippen LogP contribution in [0.3, 0.4) is 0 Å². The maximum Gasteiger partial charge on any atom is 0.338 e. The van der Waals surface area contributed by atoms with Crippen molar-refractivity contribution in [1.29, 1.82) is 0 Å². The van der Waals surface area contributed by atoms with Gasteiger partial charge in [0.15, 0.2) is 5.65 Å². The molecule has 0 aliphatic carbocycles. The number of fused-ring (bicyclic) bond motifs is 1. The van der Waals surface area contributed by atoms with Crippen molar-refractivity contribution in [3.63, 3.8) is 0 Å². The highest BCUT2D eigenvalue weighted by molar-refractivity contribution is 6.38. The van der Waals surface area contributed by atoms with E-state index in [0.717, 1.165) is 0 Å². The third kappa shape index (κ3) is 2.08. The number of pyridine rings is 1. The van der Waals surface area contributed by atoms with Crippen molar-refractivity contribution in [3.8, 4) is 11.4 Å². The van der Waals surface area contributed by atoms with Crippen molar-refractivity contribution in [2.75, 3.05) is 7.11 Å². The van der Waals surface area contributed by atoms with Gasteiger partial charge in [0.1, 0.15) is 11.4 Å². The molecule has 0 fully saturated rings. The minimum Gasteiger partial charge on any atom is -0.494 e. The van der Waals surface area contributed by atoms with Gasteiger partial charge in [-0.3, -0.25) is 0 Å². The first kappa shape index (κ1) is 14.3. The van der Waals surface area contributed by atoms with Crippen LogP contribution in [0.5, 0.6) is 5.75 Å². The lowest BCUT2D eigenvalue weighted by Gasteiger charge is -2.08. The summed E-state index contributed by atoms with van der Waals surface area (Å²) in [5, 5.41) is 14.2. The van der Waals surface area contributed by atoms with E-state index >= 15 is 0 Å². The summed E-state index contributed by atoms with van der Waals surface area (Å²) in [7, 11) is 1.57. The number of hydrogen-bond acceptors (Lipinski definition) is 4. The highest BCUT2D eigenvalue weighted by atomic mass is 35.5. The lowest BCUT2D eigenvalue weighted by molar-refractivity contribution is 0.0697. The van der Waals surface area contributed by atoms with E-state index in [1.807, 2.05) is 24.3 Å². The fourth-order valence-corrected chi connectivity index (χ4v) is 2.68. The normalized spacial score (nSPS) is 10.9. The average Bonchev–Trinajstić information content (AvgIpc) is 2.85. The zero-order valence-electron chi connectivity index (χ0n) is 11.9. The minimum atomic E-state index is -1.12. The van der Waals surface area contributed by atoms with E-state index in [0.29, 0.717) is 28.2 Å². The lowest BCUT2D eigenvalue weighted by Crippen LogP contribution is -2.02. The average molecular weight is 318 g/mol. The van der Waals surface area contributed by atoms with Crippen LogP contribution in [0.2, 0.25) is 5.02 Å². The Balaban J connectivity index is 2.34. The zero-order valence-corrected chi connectivity index (χ0v) is 12.6. The van der Waals surface area contributed by atoms with Gasteiger partial charge in [-0.25, -0.2) is 14.5 Å². The number of rotatable bonds is 3. The van der Waals surface area contributed by atoms with Gasteiger partial charge in [0.05, 0.1) is 28.8 Å². The third-order valence-electron chi connectivity index (χ3n) is 3.35. The first-order chi connectivity index (χ1) is 10.5. The molecular weight excluding hydrogens is 306 g/mol. The SMILES string of the molecule is COc1ccccc1-n1nc(C)c2c(Cl)c(C(=O)O)cnc21. The lowest BCUT2D eigenvalue weighted by atomic mass is 10.2. The van der Waals surface area contributed by atoms with Gasteiger partial charge in [0.25, 0.3) is 0 Å². The van der Waals surface area contributed by atoms with Crippen LogP contribution in [0, 0.1) is 6.92 Å². The molecule has 0 radical (unpaired) electrons. The molecule has 3 rings (SSSR count). The Hall–Kier alpha value is -2.60. The van der Waals surface area contributed by atoms with Crippen molar-refractivity contribution < 1.29 is 14.6 Å². The maximum atomic E-state index is 11.2. The number of nitrogens with zero attached hydrogens (tertiary/aromatic N) is 3. The summed E-state index contributed by atoms with van der Waals surface area (Å²) in [4.78, 5) is 15.4. The van der Waals surface area contributed by atoms with Crippen LogP contribution in [-0.2, 0) is 0 Å². The number of carboxylic acid groups (broad SMARTS) is 1. The highest BCUT2D eigenvalue weighted by Crippen LogP contribution is 2.32. The Morgan fingerprint density at radius 2 is 2.09 bits per heavy atom. The fourth-order valence-electron chi connectivity index (χ4n) is 2.33. The maximum absolute atomic E-state index is 11.2. The summed E-state index contributed by atoms with van der Waals surface area (Å²) in [5.74, 6) is -0.490. The number of hydrogen-bond donors (Lipinski definition) is 1. The molecule has 0 unspecified atom stereocenters. The monoisotopic (exact) mass is 317 g/mol. The number of aromatic nitrogens is 3. The molecule has 1 aromatic carbocycles. The molecule has 22 heavy (non-hydrogen) atoms. The molecule has 6 nitrogen and oxygen atoms in total. The second-order valence-corrected chi connectivity index (χ2v) is 5.04. The Bertz CT molecular complexity index is 889. The molecule has 2 heterocycles. The highest BCUT2D eigenvalue weighted by Gasteiger charge is 2.20. The number of halogens is 1. The van der Waals surface area contributed by atoms with E-state index < -0.39 is 5.97 Å². The van der Waals surface area contributed by atoms with Gasteiger partial charge in [0, 0.05) is 6.20 Å². The fraction of sp³-hybridized carbons (Fsp3) is 0.133. The number of methoxy groups -OCH3 is 1. The predicted molar refractivity (Wildman–Crippen MR) is 82.1 cm³/mol. The first-order valence-corrected chi connectivity index (χ1v) is 6.83. The Labute approximate surface area is 130 Å². The smallest absolute Gasteiger partial charge is 0.338 e. The van der Waals surface area contributed by atoms with Gasteiger partial charge in [-0.15, -0.1) is 0 Å². The summed E-state index contributed by atoms with van der Waals surface area (Å²) in [6, 6.07) is 7.36. The van der Waals surface area contributed by atoms with Gasteiger partial charge in [-0.05, 0) is 19.1 Å². The van der Waals surface area contributed by atoms with E-state index in [1.165, 1.54) is 6.20 Å². The number of benzene rings is 1. The molecule has 3 aromatic rings. The number of carboxylic acids is 1. The molecule has 1 N–H and O–H groups in total. The summed E-state index contributed by atoms with van der Waals surface area (Å²) >= 11 is 6.21. The van der Waals surface area contributed by atoms with Gasteiger partial charge in [-0.1, -0.05) is 23.7 Å². The van der Waals surface area contributed by atoms with Gasteiger partial charge < -0.3 is 9.84 Å². The second kappa shape index (κ2) is 5.31. The Morgan fingerprint density at radius 3 is 2.77 bits per heavy atom. The summed E-state index contributed by atoms with van der Waals surface area (Å²) in [6.07, 6.45) is 1.24. The van der Waals surface area contributed by atoms with Gasteiger partial charge >= 0.3 is 5.97 Å². The molecule has 0 atom stereocenters. The van der Waals surface area contributed by atoms with Gasteiger partial charge in [0.2, 0.25) is 0 Å². The standard InChI is InChI=1S/C15H12ClN3O3/c1-8-12-13(16)9(15(20)21)7-17-14(12)19(18-8)10-5-3-4-6-11(10)22-2/h3-7H,1-2H3,(H,20,21). The van der Waals surface area contributed by atoms with Crippen LogP contribution in [0.4, 0.5) is 0 Å². The molecule has 0 saturated carbocycles. The van der Waals surface area contributed by atoms with E-state index in [4.69, 9.17) is 21.4 Å². The largest absolute Gasteiger partial charge is 0.494 e. The molecule has 7 heteroatoms. The van der Waals surface area contributed by atoms with Gasteiger partial charge in [-0.2, -0.15) is 5.10 Å². The number of carbonyl (C=O) groups is 1. The van der Waals surface area contributed by atoms with E-state index in [-0.39, 0.29) is 10.6 Å². The number of aromatic carboxylic acids is 1. The second-order valence-electron chi connectivity index (χ2n) is 4.66. The van der Waals surface area contributed by atoms with Crippen LogP contribution < -0.4 is 4.74 Å². The van der Waals surface area contributed by atoms with Crippen molar-refractivity contribution in [3.05, 3.63) is 46.7 Å². The Morgan fingerprint density at radius 1 is 1.36 bits per heavy atom.